The molecule has 1 aromatic heterocycles. The predicted octanol–water partition coefficient (Wildman–Crippen LogP) is 1.71. The van der Waals surface area contributed by atoms with Crippen LogP contribution in [0.15, 0.2) is 30.3 Å². The van der Waals surface area contributed by atoms with Crippen LogP contribution in [0.1, 0.15) is 45.3 Å². The van der Waals surface area contributed by atoms with Crippen molar-refractivity contribution in [2.24, 2.45) is 5.73 Å². The first-order chi connectivity index (χ1) is 13.0. The molecule has 9 nitrogen and oxygen atoms in total. The number of carbonyl (C=O) groups excluding carboxylic acids is 3. The Labute approximate surface area is 155 Å². The minimum atomic E-state index is -0.585. The van der Waals surface area contributed by atoms with Crippen LogP contribution in [0.2, 0.25) is 0 Å². The van der Waals surface area contributed by atoms with E-state index in [1.165, 1.54) is 7.11 Å². The van der Waals surface area contributed by atoms with E-state index >= 15 is 0 Å². The van der Waals surface area contributed by atoms with Crippen molar-refractivity contribution in [1.82, 2.24) is 15.1 Å². The van der Waals surface area contributed by atoms with Crippen LogP contribution >= 0.6 is 0 Å². The molecule has 9 heteroatoms. The molecule has 1 aliphatic heterocycles. The van der Waals surface area contributed by atoms with Gasteiger partial charge in [-0.25, -0.2) is 9.59 Å². The number of likely N-dealkylation sites (tertiary alicyclic amines) is 1. The summed E-state index contributed by atoms with van der Waals surface area (Å²) in [7, 11) is 1.32. The molecule has 0 aliphatic carbocycles. The summed E-state index contributed by atoms with van der Waals surface area (Å²) >= 11 is 0. The van der Waals surface area contributed by atoms with Gasteiger partial charge in [-0.05, 0) is 43.2 Å². The number of hydrogen-bond donors (Lipinski definition) is 3. The fraction of sp³-hybridized carbons (Fsp3) is 0.333. The lowest BCUT2D eigenvalue weighted by atomic mass is 9.95. The third kappa shape index (κ3) is 4.25. The highest BCUT2D eigenvalue weighted by Crippen LogP contribution is 2.26. The zero-order chi connectivity index (χ0) is 19.4. The number of aromatic nitrogens is 2. The Morgan fingerprint density at radius 2 is 2.04 bits per heavy atom. The van der Waals surface area contributed by atoms with Crippen molar-refractivity contribution >= 4 is 23.6 Å². The van der Waals surface area contributed by atoms with Gasteiger partial charge in [0.2, 0.25) is 0 Å². The third-order valence-corrected chi connectivity index (χ3v) is 4.56. The minimum Gasteiger partial charge on any atom is -0.465 e. The Balaban J connectivity index is 1.62. The van der Waals surface area contributed by atoms with Crippen LogP contribution in [0.25, 0.3) is 0 Å². The largest absolute Gasteiger partial charge is 0.465 e. The van der Waals surface area contributed by atoms with E-state index in [0.717, 1.165) is 18.5 Å². The number of hydrogen-bond acceptors (Lipinski definition) is 5. The number of amides is 3. The number of aromatic amines is 1. The number of rotatable bonds is 4. The lowest BCUT2D eigenvalue weighted by molar-refractivity contribution is 0.0600. The van der Waals surface area contributed by atoms with E-state index in [2.05, 4.69) is 20.3 Å². The number of piperidine rings is 1. The molecular formula is C18H21N5O4. The number of anilines is 1. The van der Waals surface area contributed by atoms with Crippen LogP contribution in [0.5, 0.6) is 0 Å². The van der Waals surface area contributed by atoms with Crippen molar-refractivity contribution in [2.45, 2.75) is 18.8 Å². The van der Waals surface area contributed by atoms with E-state index in [9.17, 15) is 14.4 Å². The van der Waals surface area contributed by atoms with Crippen molar-refractivity contribution in [1.29, 1.82) is 0 Å². The zero-order valence-corrected chi connectivity index (χ0v) is 14.9. The van der Waals surface area contributed by atoms with Gasteiger partial charge in [0.1, 0.15) is 5.69 Å². The smallest absolute Gasteiger partial charge is 0.337 e. The van der Waals surface area contributed by atoms with Crippen molar-refractivity contribution < 1.29 is 19.1 Å². The minimum absolute atomic E-state index is 0.0619. The fourth-order valence-corrected chi connectivity index (χ4v) is 3.10. The van der Waals surface area contributed by atoms with Gasteiger partial charge in [-0.2, -0.15) is 5.10 Å². The van der Waals surface area contributed by atoms with Crippen molar-refractivity contribution in [3.8, 4) is 0 Å². The van der Waals surface area contributed by atoms with E-state index in [0.29, 0.717) is 24.3 Å². The SMILES string of the molecule is COC(=O)c1ccc(NC(=O)N2CCC[C@@H](c3cc(C(N)=O)n[nH]3)C2)cc1. The second kappa shape index (κ2) is 7.90. The molecule has 1 aliphatic rings. The molecule has 1 aromatic carbocycles. The summed E-state index contributed by atoms with van der Waals surface area (Å²) in [5.41, 5.74) is 7.22. The number of methoxy groups -OCH3 is 1. The second-order valence-corrected chi connectivity index (χ2v) is 6.36. The number of benzene rings is 1. The zero-order valence-electron chi connectivity index (χ0n) is 14.9. The summed E-state index contributed by atoms with van der Waals surface area (Å²) in [5, 5.41) is 9.56. The van der Waals surface area contributed by atoms with Gasteiger partial charge in [0.05, 0.1) is 12.7 Å². The Hall–Kier alpha value is -3.36. The lowest BCUT2D eigenvalue weighted by Crippen LogP contribution is -2.41. The maximum atomic E-state index is 12.6. The molecule has 2 aromatic rings. The number of nitrogens with zero attached hydrogens (tertiary/aromatic N) is 2. The van der Waals surface area contributed by atoms with Crippen molar-refractivity contribution in [3.63, 3.8) is 0 Å². The van der Waals surface area contributed by atoms with Gasteiger partial charge >= 0.3 is 12.0 Å². The molecule has 1 fully saturated rings. The standard InChI is InChI=1S/C18H21N5O4/c1-27-17(25)11-4-6-13(7-5-11)20-18(26)23-8-2-3-12(10-23)14-9-15(16(19)24)22-21-14/h4-7,9,12H,2-3,8,10H2,1H3,(H2,19,24)(H,20,26)(H,21,22)/t12-/m1/s1. The van der Waals surface area contributed by atoms with E-state index in [-0.39, 0.29) is 17.6 Å². The topological polar surface area (TPSA) is 130 Å². The third-order valence-electron chi connectivity index (χ3n) is 4.56. The average molecular weight is 371 g/mol. The van der Waals surface area contributed by atoms with Gasteiger partial charge in [-0.3, -0.25) is 9.89 Å². The quantitative estimate of drug-likeness (QED) is 0.704. The molecule has 0 unspecified atom stereocenters. The van der Waals surface area contributed by atoms with Gasteiger partial charge in [0, 0.05) is 30.4 Å². The van der Waals surface area contributed by atoms with Crippen molar-refractivity contribution in [3.05, 3.63) is 47.3 Å². The lowest BCUT2D eigenvalue weighted by Gasteiger charge is -2.32. The number of carbonyl (C=O) groups is 3. The summed E-state index contributed by atoms with van der Waals surface area (Å²) in [6.45, 7) is 1.14. The Bertz CT molecular complexity index is 846. The first kappa shape index (κ1) is 18.4. The summed E-state index contributed by atoms with van der Waals surface area (Å²) in [6, 6.07) is 7.91. The number of nitrogens with two attached hydrogens (primary N) is 1. The maximum Gasteiger partial charge on any atom is 0.337 e. The molecule has 1 saturated heterocycles. The van der Waals surface area contributed by atoms with Gasteiger partial charge < -0.3 is 20.7 Å². The number of primary amides is 1. The summed E-state index contributed by atoms with van der Waals surface area (Å²) in [6.07, 6.45) is 1.72. The van der Waals surface area contributed by atoms with Crippen LogP contribution in [0.4, 0.5) is 10.5 Å². The Morgan fingerprint density at radius 3 is 2.67 bits per heavy atom. The number of urea groups is 1. The molecule has 4 N–H and O–H groups in total. The summed E-state index contributed by atoms with van der Waals surface area (Å²) in [5.74, 6) is -0.952. The number of ether oxygens (including phenoxy) is 1. The normalized spacial score (nSPS) is 16.6. The van der Waals surface area contributed by atoms with Gasteiger partial charge in [-0.15, -0.1) is 0 Å². The molecule has 3 rings (SSSR count). The molecule has 0 radical (unpaired) electrons. The first-order valence-corrected chi connectivity index (χ1v) is 8.57. The number of H-pyrrole nitrogens is 1. The summed E-state index contributed by atoms with van der Waals surface area (Å²) < 4.78 is 4.65. The molecule has 27 heavy (non-hydrogen) atoms. The van der Waals surface area contributed by atoms with Crippen molar-refractivity contribution in [2.75, 3.05) is 25.5 Å². The fourth-order valence-electron chi connectivity index (χ4n) is 3.10. The van der Waals surface area contributed by atoms with E-state index < -0.39 is 11.9 Å². The molecule has 0 bridgehead atoms. The van der Waals surface area contributed by atoms with Gasteiger partial charge in [-0.1, -0.05) is 0 Å². The van der Waals surface area contributed by atoms with Gasteiger partial charge in [0.15, 0.2) is 0 Å². The second-order valence-electron chi connectivity index (χ2n) is 6.36. The molecule has 3 amide bonds. The molecule has 1 atom stereocenters. The van der Waals surface area contributed by atoms with Crippen LogP contribution in [-0.2, 0) is 4.74 Å². The molecule has 0 saturated carbocycles. The maximum absolute atomic E-state index is 12.6. The first-order valence-electron chi connectivity index (χ1n) is 8.57. The highest BCUT2D eigenvalue weighted by molar-refractivity contribution is 5.92. The van der Waals surface area contributed by atoms with Crippen LogP contribution in [-0.4, -0.2) is 53.2 Å². The monoisotopic (exact) mass is 371 g/mol. The van der Waals surface area contributed by atoms with E-state index in [1.807, 2.05) is 0 Å². The highest BCUT2D eigenvalue weighted by atomic mass is 16.5. The molecule has 0 spiro atoms. The van der Waals surface area contributed by atoms with Crippen LogP contribution in [0.3, 0.4) is 0 Å². The van der Waals surface area contributed by atoms with Crippen LogP contribution in [0, 0.1) is 0 Å². The molecular weight excluding hydrogens is 350 g/mol. The Kier molecular flexibility index (Phi) is 5.39. The number of nitrogens with one attached hydrogen (secondary N) is 2. The highest BCUT2D eigenvalue weighted by Gasteiger charge is 2.26. The Morgan fingerprint density at radius 1 is 1.30 bits per heavy atom. The van der Waals surface area contributed by atoms with Gasteiger partial charge in [0.25, 0.3) is 5.91 Å². The molecule has 2 heterocycles. The van der Waals surface area contributed by atoms with E-state index in [4.69, 9.17) is 5.73 Å². The molecule has 142 valence electrons. The summed E-state index contributed by atoms with van der Waals surface area (Å²) in [4.78, 5) is 36.9. The number of esters is 1. The predicted molar refractivity (Wildman–Crippen MR) is 97.5 cm³/mol. The van der Waals surface area contributed by atoms with E-state index in [1.54, 1.807) is 35.2 Å². The van der Waals surface area contributed by atoms with Crippen LogP contribution < -0.4 is 11.1 Å². The average Bonchev–Trinajstić information content (AvgIpc) is 3.19.